The number of benzene rings is 1. The van der Waals surface area contributed by atoms with Crippen LogP contribution in [0.4, 0.5) is 5.82 Å². The summed E-state index contributed by atoms with van der Waals surface area (Å²) in [5.74, 6) is 0.844. The SMILES string of the molecule is O=C(c1cccnc1N1CCOCC1)N(Cc1ccccc1Br)C1CC1. The van der Waals surface area contributed by atoms with Crippen LogP contribution in [0.2, 0.25) is 0 Å². The number of morpholine rings is 1. The molecule has 2 aromatic rings. The van der Waals surface area contributed by atoms with Gasteiger partial charge >= 0.3 is 0 Å². The second-order valence-corrected chi connectivity index (χ2v) is 7.58. The molecule has 0 radical (unpaired) electrons. The molecule has 0 bridgehead atoms. The van der Waals surface area contributed by atoms with Crippen molar-refractivity contribution in [2.24, 2.45) is 0 Å². The van der Waals surface area contributed by atoms with Crippen LogP contribution in [0.25, 0.3) is 0 Å². The number of hydrogen-bond donors (Lipinski definition) is 0. The molecule has 136 valence electrons. The highest BCUT2D eigenvalue weighted by molar-refractivity contribution is 9.10. The predicted molar refractivity (Wildman–Crippen MR) is 104 cm³/mol. The maximum absolute atomic E-state index is 13.4. The summed E-state index contributed by atoms with van der Waals surface area (Å²) >= 11 is 3.60. The van der Waals surface area contributed by atoms with Gasteiger partial charge in [0.25, 0.3) is 5.91 Å². The minimum atomic E-state index is 0.0674. The highest BCUT2D eigenvalue weighted by atomic mass is 79.9. The number of carbonyl (C=O) groups is 1. The van der Waals surface area contributed by atoms with E-state index < -0.39 is 0 Å². The van der Waals surface area contributed by atoms with Gasteiger partial charge < -0.3 is 14.5 Å². The van der Waals surface area contributed by atoms with Gasteiger partial charge in [0.05, 0.1) is 18.8 Å². The summed E-state index contributed by atoms with van der Waals surface area (Å²) < 4.78 is 6.48. The topological polar surface area (TPSA) is 45.7 Å². The lowest BCUT2D eigenvalue weighted by Crippen LogP contribution is -2.39. The van der Waals surface area contributed by atoms with Crippen LogP contribution in [0.15, 0.2) is 47.1 Å². The number of ether oxygens (including phenoxy) is 1. The van der Waals surface area contributed by atoms with Gasteiger partial charge in [-0.05, 0) is 36.6 Å². The van der Waals surface area contributed by atoms with Crippen molar-refractivity contribution in [3.8, 4) is 0 Å². The molecule has 2 aliphatic rings. The lowest BCUT2D eigenvalue weighted by molar-refractivity contribution is 0.0728. The lowest BCUT2D eigenvalue weighted by Gasteiger charge is -2.30. The highest BCUT2D eigenvalue weighted by Gasteiger charge is 2.35. The maximum Gasteiger partial charge on any atom is 0.258 e. The molecule has 5 nitrogen and oxygen atoms in total. The fourth-order valence-electron chi connectivity index (χ4n) is 3.31. The van der Waals surface area contributed by atoms with E-state index in [0.29, 0.717) is 31.4 Å². The fraction of sp³-hybridized carbons (Fsp3) is 0.400. The second kappa shape index (κ2) is 7.76. The molecule has 4 rings (SSSR count). The molecule has 0 N–H and O–H groups in total. The van der Waals surface area contributed by atoms with Gasteiger partial charge in [0.15, 0.2) is 0 Å². The zero-order valence-electron chi connectivity index (χ0n) is 14.6. The van der Waals surface area contributed by atoms with E-state index in [2.05, 4.69) is 31.9 Å². The van der Waals surface area contributed by atoms with Crippen molar-refractivity contribution in [2.45, 2.75) is 25.4 Å². The van der Waals surface area contributed by atoms with Gasteiger partial charge in [-0.1, -0.05) is 34.1 Å². The first-order chi connectivity index (χ1) is 12.7. The van der Waals surface area contributed by atoms with E-state index in [-0.39, 0.29) is 5.91 Å². The Morgan fingerprint density at radius 3 is 2.69 bits per heavy atom. The largest absolute Gasteiger partial charge is 0.378 e. The number of pyridine rings is 1. The van der Waals surface area contributed by atoms with Crippen LogP contribution in [0.1, 0.15) is 28.8 Å². The number of amides is 1. The van der Waals surface area contributed by atoms with E-state index in [1.165, 1.54) is 0 Å². The van der Waals surface area contributed by atoms with E-state index in [1.807, 2.05) is 35.2 Å². The maximum atomic E-state index is 13.4. The summed E-state index contributed by atoms with van der Waals surface area (Å²) in [6.45, 7) is 3.50. The fourth-order valence-corrected chi connectivity index (χ4v) is 3.72. The van der Waals surface area contributed by atoms with Gasteiger partial charge in [-0.15, -0.1) is 0 Å². The van der Waals surface area contributed by atoms with E-state index >= 15 is 0 Å². The normalized spacial score (nSPS) is 17.2. The van der Waals surface area contributed by atoms with Crippen molar-refractivity contribution in [3.05, 3.63) is 58.2 Å². The average Bonchev–Trinajstić information content (AvgIpc) is 3.53. The van der Waals surface area contributed by atoms with Crippen molar-refractivity contribution in [3.63, 3.8) is 0 Å². The molecule has 0 unspecified atom stereocenters. The van der Waals surface area contributed by atoms with Gasteiger partial charge in [0.2, 0.25) is 0 Å². The monoisotopic (exact) mass is 415 g/mol. The molecule has 1 aromatic carbocycles. The van der Waals surface area contributed by atoms with E-state index in [1.54, 1.807) is 6.20 Å². The van der Waals surface area contributed by atoms with Gasteiger partial charge in [0, 0.05) is 36.3 Å². The number of halogens is 1. The standard InChI is InChI=1S/C20H22BrN3O2/c21-18-6-2-1-4-15(18)14-24(16-7-8-16)20(25)17-5-3-9-22-19(17)23-10-12-26-13-11-23/h1-6,9,16H,7-8,10-14H2. The molecule has 1 amide bonds. The summed E-state index contributed by atoms with van der Waals surface area (Å²) in [6, 6.07) is 12.2. The van der Waals surface area contributed by atoms with Crippen molar-refractivity contribution >= 4 is 27.7 Å². The zero-order valence-corrected chi connectivity index (χ0v) is 16.2. The van der Waals surface area contributed by atoms with Gasteiger partial charge in [-0.2, -0.15) is 0 Å². The Kier molecular flexibility index (Phi) is 5.22. The Hall–Kier alpha value is -1.92. The van der Waals surface area contributed by atoms with Crippen molar-refractivity contribution in [2.75, 3.05) is 31.2 Å². The lowest BCUT2D eigenvalue weighted by atomic mass is 10.1. The first-order valence-corrected chi connectivity index (χ1v) is 9.85. The molecule has 0 atom stereocenters. The smallest absolute Gasteiger partial charge is 0.258 e. The highest BCUT2D eigenvalue weighted by Crippen LogP contribution is 2.32. The molecule has 1 aliphatic heterocycles. The first-order valence-electron chi connectivity index (χ1n) is 9.06. The van der Waals surface area contributed by atoms with Crippen molar-refractivity contribution < 1.29 is 9.53 Å². The van der Waals surface area contributed by atoms with Gasteiger partial charge in [0.1, 0.15) is 5.82 Å². The predicted octanol–water partition coefficient (Wildman–Crippen LogP) is 3.49. The molecule has 1 saturated heterocycles. The van der Waals surface area contributed by atoms with Gasteiger partial charge in [-0.3, -0.25) is 4.79 Å². The van der Waals surface area contributed by atoms with Crippen LogP contribution in [0, 0.1) is 0 Å². The molecule has 26 heavy (non-hydrogen) atoms. The number of hydrogen-bond acceptors (Lipinski definition) is 4. The van der Waals surface area contributed by atoms with Gasteiger partial charge in [-0.25, -0.2) is 4.98 Å². The van der Waals surface area contributed by atoms with E-state index in [4.69, 9.17) is 4.74 Å². The number of carbonyl (C=O) groups excluding carboxylic acids is 1. The van der Waals surface area contributed by atoms with Crippen LogP contribution < -0.4 is 4.90 Å². The molecule has 2 fully saturated rings. The van der Waals surface area contributed by atoms with E-state index in [0.717, 1.165) is 41.8 Å². The molecule has 1 aromatic heterocycles. The average molecular weight is 416 g/mol. The van der Waals surface area contributed by atoms with Crippen LogP contribution in [-0.2, 0) is 11.3 Å². The Bertz CT molecular complexity index is 788. The van der Waals surface area contributed by atoms with Crippen molar-refractivity contribution in [1.29, 1.82) is 0 Å². The second-order valence-electron chi connectivity index (χ2n) is 6.73. The molecule has 6 heteroatoms. The molecular weight excluding hydrogens is 394 g/mol. The summed E-state index contributed by atoms with van der Waals surface area (Å²) in [4.78, 5) is 22.1. The Morgan fingerprint density at radius 1 is 1.19 bits per heavy atom. The quantitative estimate of drug-likeness (QED) is 0.749. The summed E-state index contributed by atoms with van der Waals surface area (Å²) in [7, 11) is 0. The summed E-state index contributed by atoms with van der Waals surface area (Å²) in [5.41, 5.74) is 1.82. The summed E-state index contributed by atoms with van der Waals surface area (Å²) in [5, 5.41) is 0. The third-order valence-electron chi connectivity index (χ3n) is 4.87. The molecule has 1 aliphatic carbocycles. The molecular formula is C20H22BrN3O2. The minimum absolute atomic E-state index is 0.0674. The number of anilines is 1. The Labute approximate surface area is 162 Å². The number of nitrogens with zero attached hydrogens (tertiary/aromatic N) is 3. The molecule has 2 heterocycles. The first kappa shape index (κ1) is 17.5. The third-order valence-corrected chi connectivity index (χ3v) is 5.65. The minimum Gasteiger partial charge on any atom is -0.378 e. The zero-order chi connectivity index (χ0) is 17.9. The third kappa shape index (κ3) is 3.76. The van der Waals surface area contributed by atoms with E-state index in [9.17, 15) is 4.79 Å². The molecule has 1 saturated carbocycles. The van der Waals surface area contributed by atoms with Crippen LogP contribution in [0.3, 0.4) is 0 Å². The van der Waals surface area contributed by atoms with Crippen LogP contribution >= 0.6 is 15.9 Å². The van der Waals surface area contributed by atoms with Crippen LogP contribution in [0.5, 0.6) is 0 Å². The number of rotatable bonds is 5. The summed E-state index contributed by atoms with van der Waals surface area (Å²) in [6.07, 6.45) is 3.91. The van der Waals surface area contributed by atoms with Crippen LogP contribution in [-0.4, -0.2) is 48.1 Å². The Balaban J connectivity index is 1.61. The molecule has 0 spiro atoms. The number of aromatic nitrogens is 1. The van der Waals surface area contributed by atoms with Crippen molar-refractivity contribution in [1.82, 2.24) is 9.88 Å². The Morgan fingerprint density at radius 2 is 1.96 bits per heavy atom.